The molecule has 1 aromatic heterocycles. The Morgan fingerprint density at radius 1 is 1.42 bits per heavy atom. The van der Waals surface area contributed by atoms with Crippen LogP contribution in [0.2, 0.25) is 0 Å². The third-order valence-corrected chi connectivity index (χ3v) is 4.71. The maximum absolute atomic E-state index is 13.5. The summed E-state index contributed by atoms with van der Waals surface area (Å²) in [7, 11) is 0.0757. The smallest absolute Gasteiger partial charge is 0.165 e. The Kier molecular flexibility index (Phi) is 4.66. The zero-order chi connectivity index (χ0) is 13.8. The normalized spacial score (nSPS) is 12.2. The van der Waals surface area contributed by atoms with Gasteiger partial charge in [-0.2, -0.15) is 0 Å². The maximum Gasteiger partial charge on any atom is 0.165 e. The van der Waals surface area contributed by atoms with Crippen LogP contribution in [0.15, 0.2) is 46.0 Å². The van der Waals surface area contributed by atoms with Gasteiger partial charge in [-0.05, 0) is 45.8 Å². The molecule has 0 unspecified atom stereocenters. The lowest BCUT2D eigenvalue weighted by molar-refractivity contribution is 0.386. The number of halogens is 2. The van der Waals surface area contributed by atoms with Crippen LogP contribution >= 0.6 is 15.9 Å². The summed E-state index contributed by atoms with van der Waals surface area (Å²) in [6.07, 6.45) is 1.58. The molecule has 0 N–H and O–H groups in total. The molecule has 0 aliphatic carbocycles. The second kappa shape index (κ2) is 6.25. The van der Waals surface area contributed by atoms with Gasteiger partial charge in [0.1, 0.15) is 5.03 Å². The van der Waals surface area contributed by atoms with Crippen LogP contribution in [-0.4, -0.2) is 16.3 Å². The second-order valence-corrected chi connectivity index (χ2v) is 5.97. The van der Waals surface area contributed by atoms with Crippen molar-refractivity contribution in [2.45, 2.75) is 10.8 Å². The predicted octanol–water partition coefficient (Wildman–Crippen LogP) is 3.30. The number of aromatic nitrogens is 1. The number of pyridine rings is 1. The van der Waals surface area contributed by atoms with Crippen molar-refractivity contribution in [3.05, 3.63) is 52.4 Å². The van der Waals surface area contributed by atoms with Gasteiger partial charge in [-0.1, -0.05) is 6.07 Å². The first kappa shape index (κ1) is 14.1. The Hall–Kier alpha value is -1.27. The molecule has 19 heavy (non-hydrogen) atoms. The number of hydrogen-bond donors (Lipinski definition) is 0. The molecule has 6 heteroatoms. The zero-order valence-electron chi connectivity index (χ0n) is 10.1. The highest BCUT2D eigenvalue weighted by atomic mass is 79.9. The molecule has 0 fully saturated rings. The Balaban J connectivity index is 2.20. The van der Waals surface area contributed by atoms with Crippen LogP contribution in [0.1, 0.15) is 5.56 Å². The van der Waals surface area contributed by atoms with E-state index in [1.165, 1.54) is 19.2 Å². The largest absolute Gasteiger partial charge is 0.494 e. The van der Waals surface area contributed by atoms with Gasteiger partial charge in [0.2, 0.25) is 0 Å². The minimum Gasteiger partial charge on any atom is -0.494 e. The van der Waals surface area contributed by atoms with E-state index in [-0.39, 0.29) is 11.5 Å². The minimum absolute atomic E-state index is 0.175. The highest BCUT2D eigenvalue weighted by molar-refractivity contribution is 9.10. The van der Waals surface area contributed by atoms with Crippen molar-refractivity contribution in [1.29, 1.82) is 0 Å². The van der Waals surface area contributed by atoms with Gasteiger partial charge < -0.3 is 4.74 Å². The van der Waals surface area contributed by atoms with E-state index in [2.05, 4.69) is 20.9 Å². The molecule has 2 aromatic rings. The van der Waals surface area contributed by atoms with Crippen molar-refractivity contribution in [3.8, 4) is 5.75 Å². The lowest BCUT2D eigenvalue weighted by atomic mass is 10.2. The van der Waals surface area contributed by atoms with Crippen LogP contribution in [0, 0.1) is 5.82 Å². The Bertz CT molecular complexity index is 621. The van der Waals surface area contributed by atoms with Gasteiger partial charge in [0.05, 0.1) is 28.1 Å². The SMILES string of the molecule is COc1ccc(C[S@](=O)c2ncccc2Br)cc1F. The fourth-order valence-corrected chi connectivity index (χ4v) is 3.44. The molecule has 1 atom stereocenters. The first-order chi connectivity index (χ1) is 9.11. The summed E-state index contributed by atoms with van der Waals surface area (Å²) in [4.78, 5) is 4.07. The third-order valence-electron chi connectivity index (χ3n) is 2.45. The highest BCUT2D eigenvalue weighted by Gasteiger charge is 2.12. The first-order valence-electron chi connectivity index (χ1n) is 5.43. The summed E-state index contributed by atoms with van der Waals surface area (Å²) >= 11 is 3.30. The first-order valence-corrected chi connectivity index (χ1v) is 7.54. The van der Waals surface area contributed by atoms with Crippen LogP contribution in [0.4, 0.5) is 4.39 Å². The quantitative estimate of drug-likeness (QED) is 0.854. The summed E-state index contributed by atoms with van der Waals surface area (Å²) in [5.74, 6) is -0.0816. The van der Waals surface area contributed by atoms with Gasteiger partial charge in [0.15, 0.2) is 11.6 Å². The standard InChI is InChI=1S/C13H11BrFNO2S/c1-18-12-5-4-9(7-11(12)15)8-19(17)13-10(14)3-2-6-16-13/h2-7H,8H2,1H3/t19-/m0/s1. The lowest BCUT2D eigenvalue weighted by Gasteiger charge is -2.06. The molecule has 0 bridgehead atoms. The summed E-state index contributed by atoms with van der Waals surface area (Å²) in [5, 5.41) is 0.457. The summed E-state index contributed by atoms with van der Waals surface area (Å²) < 4.78 is 31.2. The number of methoxy groups -OCH3 is 1. The maximum atomic E-state index is 13.5. The molecule has 3 nitrogen and oxygen atoms in total. The Morgan fingerprint density at radius 2 is 2.21 bits per heavy atom. The summed E-state index contributed by atoms with van der Waals surface area (Å²) in [6, 6.07) is 8.06. The van der Waals surface area contributed by atoms with Crippen molar-refractivity contribution in [2.24, 2.45) is 0 Å². The molecule has 0 saturated heterocycles. The van der Waals surface area contributed by atoms with E-state index >= 15 is 0 Å². The van der Waals surface area contributed by atoms with Gasteiger partial charge in [-0.25, -0.2) is 9.37 Å². The van der Waals surface area contributed by atoms with E-state index in [1.807, 2.05) is 0 Å². The second-order valence-electron chi connectivity index (χ2n) is 3.75. The van der Waals surface area contributed by atoms with Gasteiger partial charge in [0, 0.05) is 6.20 Å². The number of hydrogen-bond acceptors (Lipinski definition) is 3. The molecule has 0 amide bonds. The van der Waals surface area contributed by atoms with Crippen LogP contribution < -0.4 is 4.74 Å². The van der Waals surface area contributed by atoms with Crippen molar-refractivity contribution >= 4 is 26.7 Å². The predicted molar refractivity (Wildman–Crippen MR) is 75.0 cm³/mol. The molecule has 0 radical (unpaired) electrons. The topological polar surface area (TPSA) is 39.2 Å². The van der Waals surface area contributed by atoms with E-state index in [1.54, 1.807) is 24.4 Å². The average Bonchev–Trinajstić information content (AvgIpc) is 2.39. The van der Waals surface area contributed by atoms with E-state index in [0.717, 1.165) is 0 Å². The molecular formula is C13H11BrFNO2S. The van der Waals surface area contributed by atoms with E-state index in [4.69, 9.17) is 4.74 Å². The zero-order valence-corrected chi connectivity index (χ0v) is 12.5. The monoisotopic (exact) mass is 343 g/mol. The summed E-state index contributed by atoms with van der Waals surface area (Å²) in [5.41, 5.74) is 0.634. The van der Waals surface area contributed by atoms with Gasteiger partial charge in [0.25, 0.3) is 0 Å². The minimum atomic E-state index is -1.33. The number of ether oxygens (including phenoxy) is 1. The number of benzene rings is 1. The fraction of sp³-hybridized carbons (Fsp3) is 0.154. The van der Waals surface area contributed by atoms with Crippen molar-refractivity contribution in [2.75, 3.05) is 7.11 Å². The lowest BCUT2D eigenvalue weighted by Crippen LogP contribution is -2.01. The van der Waals surface area contributed by atoms with Crippen molar-refractivity contribution < 1.29 is 13.3 Å². The molecule has 100 valence electrons. The molecule has 1 heterocycles. The molecule has 0 aliphatic heterocycles. The molecule has 0 spiro atoms. The summed E-state index contributed by atoms with van der Waals surface area (Å²) in [6.45, 7) is 0. The Labute approximate surface area is 121 Å². The van der Waals surface area contributed by atoms with Crippen molar-refractivity contribution in [3.63, 3.8) is 0 Å². The van der Waals surface area contributed by atoms with Gasteiger partial charge >= 0.3 is 0 Å². The molecule has 0 aliphatic rings. The van der Waals surface area contributed by atoms with Crippen molar-refractivity contribution in [1.82, 2.24) is 4.98 Å². The number of rotatable bonds is 4. The third kappa shape index (κ3) is 3.39. The van der Waals surface area contributed by atoms with Crippen LogP contribution in [0.25, 0.3) is 0 Å². The number of nitrogens with zero attached hydrogens (tertiary/aromatic N) is 1. The van der Waals surface area contributed by atoms with Gasteiger partial charge in [-0.3, -0.25) is 4.21 Å². The van der Waals surface area contributed by atoms with Crippen LogP contribution in [0.3, 0.4) is 0 Å². The molecule has 2 rings (SSSR count). The average molecular weight is 344 g/mol. The fourth-order valence-electron chi connectivity index (χ4n) is 1.56. The van der Waals surface area contributed by atoms with E-state index < -0.39 is 16.6 Å². The van der Waals surface area contributed by atoms with E-state index in [0.29, 0.717) is 15.1 Å². The molecular weight excluding hydrogens is 333 g/mol. The Morgan fingerprint density at radius 3 is 2.84 bits per heavy atom. The van der Waals surface area contributed by atoms with Crippen LogP contribution in [-0.2, 0) is 16.6 Å². The van der Waals surface area contributed by atoms with Crippen LogP contribution in [0.5, 0.6) is 5.75 Å². The highest BCUT2D eigenvalue weighted by Crippen LogP contribution is 2.22. The van der Waals surface area contributed by atoms with E-state index in [9.17, 15) is 8.60 Å². The molecule has 1 aromatic carbocycles. The van der Waals surface area contributed by atoms with Gasteiger partial charge in [-0.15, -0.1) is 0 Å². The molecule has 0 saturated carbocycles.